The molecule has 0 amide bonds. The van der Waals surface area contributed by atoms with Gasteiger partial charge in [0.25, 0.3) is 0 Å². The van der Waals surface area contributed by atoms with Crippen LogP contribution in [0.5, 0.6) is 11.5 Å². The van der Waals surface area contributed by atoms with Gasteiger partial charge in [-0.3, -0.25) is 10.1 Å². The van der Waals surface area contributed by atoms with Crippen molar-refractivity contribution in [3.05, 3.63) is 88.0 Å². The van der Waals surface area contributed by atoms with Gasteiger partial charge < -0.3 is 9.47 Å². The summed E-state index contributed by atoms with van der Waals surface area (Å²) < 4.78 is 10.2. The maximum atomic E-state index is 12.3. The fourth-order valence-corrected chi connectivity index (χ4v) is 2.58. The van der Waals surface area contributed by atoms with Gasteiger partial charge in [-0.2, -0.15) is 5.26 Å². The highest BCUT2D eigenvalue weighted by Crippen LogP contribution is 2.28. The number of nitro benzene ring substituents is 1. The predicted molar refractivity (Wildman–Crippen MR) is 101 cm³/mol. The predicted octanol–water partition coefficient (Wildman–Crippen LogP) is 4.36. The van der Waals surface area contributed by atoms with E-state index in [0.717, 1.165) is 17.2 Å². The monoisotopic (exact) mass is 374 g/mol. The van der Waals surface area contributed by atoms with E-state index in [9.17, 15) is 14.9 Å². The van der Waals surface area contributed by atoms with Crippen molar-refractivity contribution in [2.24, 2.45) is 0 Å². The SMILES string of the molecule is COc1ccc(C(=O)Oc2ccc(-c3ccc(C#N)cc3)cc2)cc1[N+](=O)[O-]. The van der Waals surface area contributed by atoms with Crippen molar-refractivity contribution >= 4 is 11.7 Å². The maximum absolute atomic E-state index is 12.3. The summed E-state index contributed by atoms with van der Waals surface area (Å²) in [5.74, 6) is -0.342. The number of benzene rings is 3. The molecule has 0 aromatic heterocycles. The molecule has 138 valence electrons. The average Bonchev–Trinajstić information content (AvgIpc) is 2.73. The van der Waals surface area contributed by atoms with E-state index in [1.165, 1.54) is 19.2 Å². The van der Waals surface area contributed by atoms with Gasteiger partial charge in [0.1, 0.15) is 5.75 Å². The van der Waals surface area contributed by atoms with Crippen LogP contribution in [0.15, 0.2) is 66.7 Å². The second-order valence-electron chi connectivity index (χ2n) is 5.75. The molecule has 3 aromatic rings. The molecule has 0 radical (unpaired) electrons. The van der Waals surface area contributed by atoms with Crippen molar-refractivity contribution in [3.8, 4) is 28.7 Å². The molecule has 0 spiro atoms. The highest BCUT2D eigenvalue weighted by molar-refractivity contribution is 5.92. The Labute approximate surface area is 160 Å². The lowest BCUT2D eigenvalue weighted by Gasteiger charge is -2.07. The minimum absolute atomic E-state index is 0.0451. The third-order valence-corrected chi connectivity index (χ3v) is 4.02. The van der Waals surface area contributed by atoms with Gasteiger partial charge in [-0.15, -0.1) is 0 Å². The molecule has 0 heterocycles. The van der Waals surface area contributed by atoms with Crippen molar-refractivity contribution in [1.29, 1.82) is 5.26 Å². The Balaban J connectivity index is 1.76. The molecule has 0 aliphatic carbocycles. The highest BCUT2D eigenvalue weighted by atomic mass is 16.6. The maximum Gasteiger partial charge on any atom is 0.343 e. The minimum Gasteiger partial charge on any atom is -0.490 e. The number of hydrogen-bond donors (Lipinski definition) is 0. The molecule has 0 saturated heterocycles. The number of nitro groups is 1. The lowest BCUT2D eigenvalue weighted by Crippen LogP contribution is -2.09. The summed E-state index contributed by atoms with van der Waals surface area (Å²) >= 11 is 0. The van der Waals surface area contributed by atoms with Crippen LogP contribution in [0.4, 0.5) is 5.69 Å². The van der Waals surface area contributed by atoms with Gasteiger partial charge in [-0.05, 0) is 47.5 Å². The fraction of sp³-hybridized carbons (Fsp3) is 0.0476. The second kappa shape index (κ2) is 8.01. The molecule has 0 fully saturated rings. The largest absolute Gasteiger partial charge is 0.490 e. The Bertz CT molecular complexity index is 1070. The number of hydrogen-bond acceptors (Lipinski definition) is 6. The van der Waals surface area contributed by atoms with Crippen molar-refractivity contribution in [2.75, 3.05) is 7.11 Å². The van der Waals surface area contributed by atoms with Crippen LogP contribution in [0.2, 0.25) is 0 Å². The standard InChI is InChI=1S/C21H14N2O5/c1-27-20-11-8-17(12-19(20)23(25)26)21(24)28-18-9-6-16(7-10-18)15-4-2-14(13-22)3-5-15/h2-12H,1H3. The van der Waals surface area contributed by atoms with E-state index < -0.39 is 10.9 Å². The number of rotatable bonds is 5. The fourth-order valence-electron chi connectivity index (χ4n) is 2.58. The molecule has 0 bridgehead atoms. The summed E-state index contributed by atoms with van der Waals surface area (Å²) in [6, 6.07) is 19.8. The molecule has 3 aromatic carbocycles. The summed E-state index contributed by atoms with van der Waals surface area (Å²) in [6.45, 7) is 0. The van der Waals surface area contributed by atoms with Crippen molar-refractivity contribution in [1.82, 2.24) is 0 Å². The normalized spacial score (nSPS) is 10.0. The van der Waals surface area contributed by atoms with Crippen LogP contribution in [0.3, 0.4) is 0 Å². The van der Waals surface area contributed by atoms with E-state index >= 15 is 0 Å². The minimum atomic E-state index is -0.711. The third kappa shape index (κ3) is 3.97. The van der Waals surface area contributed by atoms with E-state index in [1.807, 2.05) is 12.1 Å². The zero-order chi connectivity index (χ0) is 20.1. The Morgan fingerprint density at radius 2 is 1.61 bits per heavy atom. The number of nitrogens with zero attached hydrogens (tertiary/aromatic N) is 2. The Morgan fingerprint density at radius 3 is 2.14 bits per heavy atom. The van der Waals surface area contributed by atoms with Crippen LogP contribution >= 0.6 is 0 Å². The van der Waals surface area contributed by atoms with Crippen LogP contribution in [0, 0.1) is 21.4 Å². The van der Waals surface area contributed by atoms with Crippen LogP contribution in [-0.2, 0) is 0 Å². The van der Waals surface area contributed by atoms with E-state index in [1.54, 1.807) is 36.4 Å². The first-order valence-corrected chi connectivity index (χ1v) is 8.17. The number of carbonyl (C=O) groups excluding carboxylic acids is 1. The molecule has 0 unspecified atom stereocenters. The number of methoxy groups -OCH3 is 1. The van der Waals surface area contributed by atoms with Gasteiger partial charge in [-0.1, -0.05) is 24.3 Å². The number of carbonyl (C=O) groups is 1. The van der Waals surface area contributed by atoms with Crippen molar-refractivity contribution < 1.29 is 19.2 Å². The first kappa shape index (κ1) is 18.6. The lowest BCUT2D eigenvalue weighted by atomic mass is 10.0. The highest BCUT2D eigenvalue weighted by Gasteiger charge is 2.19. The molecule has 0 atom stereocenters. The summed E-state index contributed by atoms with van der Waals surface area (Å²) in [4.78, 5) is 22.8. The van der Waals surface area contributed by atoms with Gasteiger partial charge in [0, 0.05) is 6.07 Å². The molecule has 0 aliphatic rings. The van der Waals surface area contributed by atoms with Crippen LogP contribution in [0.1, 0.15) is 15.9 Å². The van der Waals surface area contributed by atoms with E-state index in [4.69, 9.17) is 14.7 Å². The first-order valence-electron chi connectivity index (χ1n) is 8.17. The van der Waals surface area contributed by atoms with Gasteiger partial charge in [0.05, 0.1) is 29.2 Å². The third-order valence-electron chi connectivity index (χ3n) is 4.02. The van der Waals surface area contributed by atoms with Crippen LogP contribution < -0.4 is 9.47 Å². The van der Waals surface area contributed by atoms with Gasteiger partial charge in [0.15, 0.2) is 5.75 Å². The van der Waals surface area contributed by atoms with E-state index in [-0.39, 0.29) is 17.0 Å². The van der Waals surface area contributed by atoms with Gasteiger partial charge in [0.2, 0.25) is 0 Å². The van der Waals surface area contributed by atoms with Crippen LogP contribution in [-0.4, -0.2) is 18.0 Å². The molecule has 7 nitrogen and oxygen atoms in total. The Morgan fingerprint density at radius 1 is 1.00 bits per heavy atom. The van der Waals surface area contributed by atoms with E-state index in [0.29, 0.717) is 11.3 Å². The van der Waals surface area contributed by atoms with Gasteiger partial charge >= 0.3 is 11.7 Å². The second-order valence-corrected chi connectivity index (χ2v) is 5.75. The average molecular weight is 374 g/mol. The Hall–Kier alpha value is -4.18. The quantitative estimate of drug-likeness (QED) is 0.284. The van der Waals surface area contributed by atoms with Crippen molar-refractivity contribution in [3.63, 3.8) is 0 Å². The summed E-state index contributed by atoms with van der Waals surface area (Å²) in [7, 11) is 1.32. The molecule has 0 N–H and O–H groups in total. The van der Waals surface area contributed by atoms with Gasteiger partial charge in [-0.25, -0.2) is 4.79 Å². The first-order chi connectivity index (χ1) is 13.5. The number of ether oxygens (including phenoxy) is 2. The zero-order valence-electron chi connectivity index (χ0n) is 14.8. The zero-order valence-corrected chi connectivity index (χ0v) is 14.8. The number of nitriles is 1. The van der Waals surface area contributed by atoms with Crippen LogP contribution in [0.25, 0.3) is 11.1 Å². The Kier molecular flexibility index (Phi) is 5.33. The summed E-state index contributed by atoms with van der Waals surface area (Å²) in [6.07, 6.45) is 0. The lowest BCUT2D eigenvalue weighted by molar-refractivity contribution is -0.385. The topological polar surface area (TPSA) is 102 Å². The number of esters is 1. The van der Waals surface area contributed by atoms with Crippen molar-refractivity contribution in [2.45, 2.75) is 0 Å². The molecule has 3 rings (SSSR count). The summed E-state index contributed by atoms with van der Waals surface area (Å²) in [5.41, 5.74) is 2.12. The summed E-state index contributed by atoms with van der Waals surface area (Å²) in [5, 5.41) is 19.9. The molecule has 28 heavy (non-hydrogen) atoms. The molecule has 7 heteroatoms. The smallest absolute Gasteiger partial charge is 0.343 e. The van der Waals surface area contributed by atoms with E-state index in [2.05, 4.69) is 6.07 Å². The molecule has 0 aliphatic heterocycles. The molecular formula is C21H14N2O5. The molecular weight excluding hydrogens is 360 g/mol. The molecule has 0 saturated carbocycles.